The van der Waals surface area contributed by atoms with Gasteiger partial charge < -0.3 is 39.8 Å². The molecule has 0 unspecified atom stereocenters. The van der Waals surface area contributed by atoms with Gasteiger partial charge in [-0.05, 0) is 57.9 Å². The molecule has 2 aromatic carbocycles. The van der Waals surface area contributed by atoms with E-state index in [1.165, 1.54) is 28.3 Å². The minimum Gasteiger partial charge on any atom is -0.472 e. The Bertz CT molecular complexity index is 2310. The molecule has 4 aromatic rings. The van der Waals surface area contributed by atoms with E-state index in [0.717, 1.165) is 40.2 Å². The molecule has 18 heteroatoms. The summed E-state index contributed by atoms with van der Waals surface area (Å²) in [6.45, 7) is 9.80. The smallest absolute Gasteiger partial charge is 0.273 e. The zero-order chi connectivity index (χ0) is 44.7. The number of aliphatic hydroxyl groups excluding tert-OH is 1. The topological polar surface area (TPSA) is 200 Å². The van der Waals surface area contributed by atoms with E-state index in [-0.39, 0.29) is 53.5 Å². The number of carbonyl (C=O) groups is 2. The molecule has 61 heavy (non-hydrogen) atoms. The molecule has 0 atom stereocenters. The summed E-state index contributed by atoms with van der Waals surface area (Å²) >= 11 is 12.4. The van der Waals surface area contributed by atoms with Crippen molar-refractivity contribution in [2.45, 2.75) is 71.9 Å². The van der Waals surface area contributed by atoms with Gasteiger partial charge in [0.05, 0.1) is 28.7 Å². The molecule has 3 N–H and O–H groups in total. The minimum absolute atomic E-state index is 0.138. The normalized spacial score (nSPS) is 15.0. The number of nitrogens with one attached hydrogen (secondary N) is 2. The highest BCUT2D eigenvalue weighted by atomic mass is 35.5. The molecular formula is C43H50Cl2N8O8. The van der Waals surface area contributed by atoms with Gasteiger partial charge in [-0.2, -0.15) is 0 Å². The molecule has 16 nitrogen and oxygen atoms in total. The maximum Gasteiger partial charge on any atom is 0.273 e. The zero-order valence-electron chi connectivity index (χ0n) is 35.5. The number of halogens is 2. The number of aromatic nitrogens is 2. The van der Waals surface area contributed by atoms with E-state index in [4.69, 9.17) is 47.6 Å². The van der Waals surface area contributed by atoms with Crippen LogP contribution in [-0.2, 0) is 42.2 Å². The summed E-state index contributed by atoms with van der Waals surface area (Å²) in [7, 11) is 5.78. The van der Waals surface area contributed by atoms with E-state index in [1.807, 2.05) is 52.8 Å². The summed E-state index contributed by atoms with van der Waals surface area (Å²) in [5.41, 5.74) is 6.51. The van der Waals surface area contributed by atoms with Crippen molar-refractivity contribution in [3.8, 4) is 5.88 Å². The van der Waals surface area contributed by atoms with E-state index < -0.39 is 0 Å². The molecule has 2 aliphatic heterocycles. The molecule has 0 fully saturated rings. The summed E-state index contributed by atoms with van der Waals surface area (Å²) in [5, 5.41) is 30.9. The van der Waals surface area contributed by atoms with Crippen LogP contribution in [-0.4, -0.2) is 89.3 Å². The number of likely N-dealkylation sites (N-methyl/N-ethyl adjacent to an activating group) is 2. The lowest BCUT2D eigenvalue weighted by Gasteiger charge is -2.14. The van der Waals surface area contributed by atoms with Gasteiger partial charge in [-0.25, -0.2) is 4.98 Å². The second kappa shape index (κ2) is 21.9. The highest BCUT2D eigenvalue weighted by Gasteiger charge is 2.31. The summed E-state index contributed by atoms with van der Waals surface area (Å²) < 4.78 is 5.82. The maximum absolute atomic E-state index is 12.2. The van der Waals surface area contributed by atoms with Gasteiger partial charge in [-0.3, -0.25) is 14.6 Å². The SMILES string of the molecule is CNC(=O)/C(=N/OC)c1ccccc1CO.CNC(=O)/C(=N/OC)c1ccccc1COc1ncc(C2=NOC(C)(C)C2)cc1Cl.Cc1ncc(C2=NOC(C)(C)C2)cc1Cl. The summed E-state index contributed by atoms with van der Waals surface area (Å²) in [6.07, 6.45) is 4.89. The fraction of sp³-hybridized carbons (Fsp3) is 0.349. The fourth-order valence-corrected chi connectivity index (χ4v) is 6.10. The Morgan fingerprint density at radius 2 is 1.21 bits per heavy atom. The van der Waals surface area contributed by atoms with E-state index in [9.17, 15) is 9.59 Å². The van der Waals surface area contributed by atoms with Crippen LogP contribution < -0.4 is 15.4 Å². The van der Waals surface area contributed by atoms with Gasteiger partial charge in [0.2, 0.25) is 5.88 Å². The van der Waals surface area contributed by atoms with Gasteiger partial charge in [-0.15, -0.1) is 0 Å². The van der Waals surface area contributed by atoms with Crippen LogP contribution in [0.4, 0.5) is 0 Å². The van der Waals surface area contributed by atoms with Crippen molar-refractivity contribution in [1.29, 1.82) is 0 Å². The lowest BCUT2D eigenvalue weighted by Crippen LogP contribution is -2.29. The Morgan fingerprint density at radius 1 is 0.754 bits per heavy atom. The van der Waals surface area contributed by atoms with E-state index in [1.54, 1.807) is 54.9 Å². The minimum atomic E-state index is -0.368. The summed E-state index contributed by atoms with van der Waals surface area (Å²) in [4.78, 5) is 52.4. The first-order valence-corrected chi connectivity index (χ1v) is 19.7. The number of benzene rings is 2. The largest absolute Gasteiger partial charge is 0.472 e. The van der Waals surface area contributed by atoms with Crippen LogP contribution in [0.15, 0.2) is 93.7 Å². The van der Waals surface area contributed by atoms with Crippen molar-refractivity contribution >= 4 is 57.9 Å². The Morgan fingerprint density at radius 3 is 1.64 bits per heavy atom. The number of rotatable bonds is 12. The van der Waals surface area contributed by atoms with Crippen LogP contribution in [0, 0.1) is 6.92 Å². The first-order chi connectivity index (χ1) is 29.1. The van der Waals surface area contributed by atoms with Crippen LogP contribution in [0.3, 0.4) is 0 Å². The summed E-state index contributed by atoms with van der Waals surface area (Å²) in [5.74, 6) is -0.450. The van der Waals surface area contributed by atoms with E-state index in [0.29, 0.717) is 33.2 Å². The second-order valence-electron chi connectivity index (χ2n) is 14.6. The predicted molar refractivity (Wildman–Crippen MR) is 234 cm³/mol. The van der Waals surface area contributed by atoms with Gasteiger partial charge in [0.1, 0.15) is 37.1 Å². The quantitative estimate of drug-likeness (QED) is 0.104. The van der Waals surface area contributed by atoms with Gasteiger partial charge in [0.15, 0.2) is 11.4 Å². The molecule has 2 aromatic heterocycles. The molecule has 4 heterocycles. The first kappa shape index (κ1) is 47.6. The van der Waals surface area contributed by atoms with Gasteiger partial charge in [0, 0.05) is 61.6 Å². The van der Waals surface area contributed by atoms with Crippen LogP contribution in [0.1, 0.15) is 79.6 Å². The fourth-order valence-electron chi connectivity index (χ4n) is 5.71. The predicted octanol–water partition coefficient (Wildman–Crippen LogP) is 6.54. The summed E-state index contributed by atoms with van der Waals surface area (Å²) in [6, 6.07) is 17.9. The second-order valence-corrected chi connectivity index (χ2v) is 15.4. The Kier molecular flexibility index (Phi) is 17.1. The van der Waals surface area contributed by atoms with Gasteiger partial charge in [0.25, 0.3) is 11.8 Å². The molecule has 0 radical (unpaired) electrons. The maximum atomic E-state index is 12.2. The molecule has 2 amide bonds. The first-order valence-electron chi connectivity index (χ1n) is 18.9. The number of amides is 2. The number of ether oxygens (including phenoxy) is 1. The highest BCUT2D eigenvalue weighted by Crippen LogP contribution is 2.30. The molecule has 0 saturated heterocycles. The molecular weight excluding hydrogens is 827 g/mol. The molecule has 0 bridgehead atoms. The van der Waals surface area contributed by atoms with Crippen molar-refractivity contribution in [2.24, 2.45) is 20.6 Å². The van der Waals surface area contributed by atoms with Crippen LogP contribution in [0.5, 0.6) is 5.88 Å². The monoisotopic (exact) mass is 876 g/mol. The Labute approximate surface area is 364 Å². The third kappa shape index (κ3) is 13.2. The third-order valence-electron chi connectivity index (χ3n) is 8.82. The van der Waals surface area contributed by atoms with Crippen molar-refractivity contribution in [1.82, 2.24) is 20.6 Å². The average Bonchev–Trinajstić information content (AvgIpc) is 3.82. The van der Waals surface area contributed by atoms with Crippen LogP contribution >= 0.6 is 23.2 Å². The lowest BCUT2D eigenvalue weighted by atomic mass is 9.99. The van der Waals surface area contributed by atoms with E-state index in [2.05, 4.69) is 46.1 Å². The average molecular weight is 878 g/mol. The highest BCUT2D eigenvalue weighted by molar-refractivity contribution is 6.46. The van der Waals surface area contributed by atoms with E-state index >= 15 is 0 Å². The Balaban J connectivity index is 0.000000222. The van der Waals surface area contributed by atoms with Crippen molar-refractivity contribution < 1.29 is 38.8 Å². The van der Waals surface area contributed by atoms with Gasteiger partial charge >= 0.3 is 0 Å². The van der Waals surface area contributed by atoms with Crippen molar-refractivity contribution in [2.75, 3.05) is 28.3 Å². The van der Waals surface area contributed by atoms with Gasteiger partial charge in [-0.1, -0.05) is 92.4 Å². The third-order valence-corrected chi connectivity index (χ3v) is 9.47. The Hall–Kier alpha value is -6.10. The molecule has 0 spiro atoms. The van der Waals surface area contributed by atoms with Crippen LogP contribution in [0.2, 0.25) is 10.0 Å². The molecule has 324 valence electrons. The number of aryl methyl sites for hydroxylation is 1. The number of nitrogens with zero attached hydrogens (tertiary/aromatic N) is 6. The van der Waals surface area contributed by atoms with Crippen molar-refractivity contribution in [3.63, 3.8) is 0 Å². The number of hydrogen-bond acceptors (Lipinski definition) is 14. The standard InChI is InChI=1S/C21H23ClN4O4.C11H13ClN2O.C11H14N2O3/c1-21(2)10-17(25-30-21)14-9-16(22)20(24-11-14)29-12-13-7-5-6-8-15(13)18(26-28-4)19(27)23-3;1-7-9(12)4-8(6-13-7)10-5-11(2,3)15-14-10;1-12-11(15)10(13-16-2)9-6-4-3-5-8(9)7-14/h5-9,11H,10,12H2,1-4H3,(H,23,27);4,6H,5H2,1-3H3;3-6,14H,7H2,1-2H3,(H,12,15)/b26-18+;;13-10+. The number of oxime groups is 4. The zero-order valence-corrected chi connectivity index (χ0v) is 37.0. The molecule has 2 aliphatic rings. The number of carbonyl (C=O) groups excluding carboxylic acids is 2. The van der Waals surface area contributed by atoms with Crippen molar-refractivity contribution in [3.05, 3.63) is 122 Å². The van der Waals surface area contributed by atoms with Crippen LogP contribution in [0.25, 0.3) is 0 Å². The molecule has 0 aliphatic carbocycles. The number of pyridine rings is 2. The molecule has 6 rings (SSSR count). The number of aliphatic hydroxyl groups is 1. The lowest BCUT2D eigenvalue weighted by molar-refractivity contribution is -0.115. The number of hydrogen-bond donors (Lipinski definition) is 3. The molecule has 0 saturated carbocycles.